The highest BCUT2D eigenvalue weighted by atomic mass is 14.9. The number of hydrogen-bond acceptors (Lipinski definition) is 2. The second-order valence-corrected chi connectivity index (χ2v) is 4.64. The Labute approximate surface area is 109 Å². The third kappa shape index (κ3) is 3.59. The molecule has 0 aliphatic rings. The lowest BCUT2D eigenvalue weighted by Crippen LogP contribution is -2.22. The standard InChI is InChI=1S/C15H23N3/c1-2-8-16-9-4-10-17-12-14-6-3-5-13-7-11-18-15(13)14/h3,5-7,11,16-18H,2,4,8-10,12H2,1H3. The molecule has 0 fully saturated rings. The number of benzene rings is 1. The Hall–Kier alpha value is -1.32. The van der Waals surface area contributed by atoms with Gasteiger partial charge in [-0.25, -0.2) is 0 Å². The zero-order valence-corrected chi connectivity index (χ0v) is 11.1. The van der Waals surface area contributed by atoms with Gasteiger partial charge in [0, 0.05) is 18.3 Å². The lowest BCUT2D eigenvalue weighted by molar-refractivity contribution is 0.593. The summed E-state index contributed by atoms with van der Waals surface area (Å²) in [6.45, 7) is 6.43. The molecule has 2 aromatic rings. The monoisotopic (exact) mass is 245 g/mol. The molecular weight excluding hydrogens is 222 g/mol. The molecule has 0 aliphatic heterocycles. The largest absolute Gasteiger partial charge is 0.361 e. The van der Waals surface area contributed by atoms with E-state index in [0.717, 1.165) is 26.2 Å². The van der Waals surface area contributed by atoms with Crippen molar-refractivity contribution in [3.05, 3.63) is 36.0 Å². The van der Waals surface area contributed by atoms with E-state index in [-0.39, 0.29) is 0 Å². The molecule has 0 saturated carbocycles. The van der Waals surface area contributed by atoms with Gasteiger partial charge in [0.1, 0.15) is 0 Å². The van der Waals surface area contributed by atoms with Crippen LogP contribution in [0.4, 0.5) is 0 Å². The number of rotatable bonds is 8. The minimum absolute atomic E-state index is 0.936. The van der Waals surface area contributed by atoms with E-state index in [2.05, 4.69) is 46.8 Å². The molecule has 0 atom stereocenters. The summed E-state index contributed by atoms with van der Waals surface area (Å²) in [4.78, 5) is 3.30. The van der Waals surface area contributed by atoms with E-state index in [0.29, 0.717) is 0 Å². The van der Waals surface area contributed by atoms with Gasteiger partial charge in [-0.1, -0.05) is 25.1 Å². The molecule has 0 aliphatic carbocycles. The predicted molar refractivity (Wildman–Crippen MR) is 77.8 cm³/mol. The molecule has 2 rings (SSSR count). The number of aromatic nitrogens is 1. The molecule has 3 heteroatoms. The third-order valence-corrected chi connectivity index (χ3v) is 3.12. The fourth-order valence-electron chi connectivity index (χ4n) is 2.16. The molecule has 98 valence electrons. The van der Waals surface area contributed by atoms with Gasteiger partial charge in [0.15, 0.2) is 0 Å². The van der Waals surface area contributed by atoms with Crippen molar-refractivity contribution in [1.82, 2.24) is 15.6 Å². The first-order valence-electron chi connectivity index (χ1n) is 6.88. The van der Waals surface area contributed by atoms with Crippen LogP contribution in [0, 0.1) is 0 Å². The summed E-state index contributed by atoms with van der Waals surface area (Å²) in [6, 6.07) is 8.56. The summed E-state index contributed by atoms with van der Waals surface area (Å²) in [5.74, 6) is 0. The van der Waals surface area contributed by atoms with Crippen LogP contribution in [0.3, 0.4) is 0 Å². The number of fused-ring (bicyclic) bond motifs is 1. The smallest absolute Gasteiger partial charge is 0.0499 e. The molecule has 18 heavy (non-hydrogen) atoms. The van der Waals surface area contributed by atoms with E-state index in [1.54, 1.807) is 0 Å². The quantitative estimate of drug-likeness (QED) is 0.626. The Balaban J connectivity index is 1.72. The van der Waals surface area contributed by atoms with Crippen LogP contribution in [0.25, 0.3) is 10.9 Å². The Kier molecular flexibility index (Phi) is 5.24. The van der Waals surface area contributed by atoms with Gasteiger partial charge in [0.2, 0.25) is 0 Å². The van der Waals surface area contributed by atoms with Crippen molar-refractivity contribution in [2.24, 2.45) is 0 Å². The fraction of sp³-hybridized carbons (Fsp3) is 0.467. The zero-order valence-electron chi connectivity index (χ0n) is 11.1. The maximum Gasteiger partial charge on any atom is 0.0499 e. The van der Waals surface area contributed by atoms with Crippen LogP contribution in [-0.2, 0) is 6.54 Å². The van der Waals surface area contributed by atoms with Gasteiger partial charge in [-0.2, -0.15) is 0 Å². The maximum absolute atomic E-state index is 3.50. The Bertz CT molecular complexity index is 461. The molecule has 0 radical (unpaired) electrons. The zero-order chi connectivity index (χ0) is 12.6. The minimum atomic E-state index is 0.936. The van der Waals surface area contributed by atoms with Crippen molar-refractivity contribution < 1.29 is 0 Å². The highest BCUT2D eigenvalue weighted by Crippen LogP contribution is 2.16. The number of hydrogen-bond donors (Lipinski definition) is 3. The topological polar surface area (TPSA) is 39.8 Å². The van der Waals surface area contributed by atoms with Crippen LogP contribution in [0.1, 0.15) is 25.3 Å². The van der Waals surface area contributed by atoms with Gasteiger partial charge in [0.25, 0.3) is 0 Å². The van der Waals surface area contributed by atoms with Crippen LogP contribution in [0.15, 0.2) is 30.5 Å². The van der Waals surface area contributed by atoms with E-state index >= 15 is 0 Å². The molecule has 1 aromatic heterocycles. The van der Waals surface area contributed by atoms with Gasteiger partial charge >= 0.3 is 0 Å². The molecule has 3 N–H and O–H groups in total. The first-order chi connectivity index (χ1) is 8.92. The van der Waals surface area contributed by atoms with E-state index in [9.17, 15) is 0 Å². The Morgan fingerprint density at radius 3 is 2.83 bits per heavy atom. The molecule has 1 heterocycles. The highest BCUT2D eigenvalue weighted by molar-refractivity contribution is 5.82. The summed E-state index contributed by atoms with van der Waals surface area (Å²) in [5, 5.41) is 8.20. The van der Waals surface area contributed by atoms with Crippen LogP contribution in [0.2, 0.25) is 0 Å². The van der Waals surface area contributed by atoms with Crippen molar-refractivity contribution in [3.63, 3.8) is 0 Å². The average Bonchev–Trinajstić information content (AvgIpc) is 2.86. The van der Waals surface area contributed by atoms with Crippen molar-refractivity contribution >= 4 is 10.9 Å². The van der Waals surface area contributed by atoms with Gasteiger partial charge in [-0.05, 0) is 49.5 Å². The van der Waals surface area contributed by atoms with Gasteiger partial charge in [0.05, 0.1) is 0 Å². The molecule has 0 unspecified atom stereocenters. The normalized spacial score (nSPS) is 11.2. The summed E-state index contributed by atoms with van der Waals surface area (Å²) >= 11 is 0. The molecule has 0 saturated heterocycles. The minimum Gasteiger partial charge on any atom is -0.361 e. The summed E-state index contributed by atoms with van der Waals surface area (Å²) < 4.78 is 0. The first kappa shape index (κ1) is 13.1. The SMILES string of the molecule is CCCNCCCNCc1cccc2cc[nH]c12. The molecule has 1 aromatic carbocycles. The summed E-state index contributed by atoms with van der Waals surface area (Å²) in [5.41, 5.74) is 2.60. The molecular formula is C15H23N3. The van der Waals surface area contributed by atoms with Gasteiger partial charge in [-0.15, -0.1) is 0 Å². The van der Waals surface area contributed by atoms with Crippen LogP contribution >= 0.6 is 0 Å². The maximum atomic E-state index is 3.50. The van der Waals surface area contributed by atoms with Crippen LogP contribution < -0.4 is 10.6 Å². The van der Waals surface area contributed by atoms with E-state index in [1.807, 2.05) is 6.20 Å². The van der Waals surface area contributed by atoms with E-state index in [1.165, 1.54) is 29.3 Å². The Morgan fingerprint density at radius 1 is 1.06 bits per heavy atom. The Morgan fingerprint density at radius 2 is 1.94 bits per heavy atom. The number of nitrogens with one attached hydrogen (secondary N) is 3. The number of H-pyrrole nitrogens is 1. The van der Waals surface area contributed by atoms with Crippen molar-refractivity contribution in [2.45, 2.75) is 26.3 Å². The van der Waals surface area contributed by atoms with Crippen LogP contribution in [-0.4, -0.2) is 24.6 Å². The fourth-order valence-corrected chi connectivity index (χ4v) is 2.16. The molecule has 0 spiro atoms. The van der Waals surface area contributed by atoms with Gasteiger partial charge < -0.3 is 15.6 Å². The average molecular weight is 245 g/mol. The highest BCUT2D eigenvalue weighted by Gasteiger charge is 2.00. The number of aromatic amines is 1. The molecule has 3 nitrogen and oxygen atoms in total. The first-order valence-corrected chi connectivity index (χ1v) is 6.88. The van der Waals surface area contributed by atoms with Crippen LogP contribution in [0.5, 0.6) is 0 Å². The lowest BCUT2D eigenvalue weighted by Gasteiger charge is -2.07. The van der Waals surface area contributed by atoms with Crippen molar-refractivity contribution in [1.29, 1.82) is 0 Å². The lowest BCUT2D eigenvalue weighted by atomic mass is 10.1. The predicted octanol–water partition coefficient (Wildman–Crippen LogP) is 2.65. The second-order valence-electron chi connectivity index (χ2n) is 4.64. The summed E-state index contributed by atoms with van der Waals surface area (Å²) in [7, 11) is 0. The van der Waals surface area contributed by atoms with E-state index < -0.39 is 0 Å². The van der Waals surface area contributed by atoms with Crippen molar-refractivity contribution in [3.8, 4) is 0 Å². The van der Waals surface area contributed by atoms with Crippen molar-refractivity contribution in [2.75, 3.05) is 19.6 Å². The van der Waals surface area contributed by atoms with Gasteiger partial charge in [-0.3, -0.25) is 0 Å². The molecule has 0 amide bonds. The number of para-hydroxylation sites is 1. The second kappa shape index (κ2) is 7.19. The van der Waals surface area contributed by atoms with E-state index in [4.69, 9.17) is 0 Å². The summed E-state index contributed by atoms with van der Waals surface area (Å²) in [6.07, 6.45) is 4.39. The molecule has 0 bridgehead atoms. The third-order valence-electron chi connectivity index (χ3n) is 3.12.